The molecule has 1 saturated carbocycles. The molecule has 0 aliphatic heterocycles. The Bertz CT molecular complexity index is 484. The van der Waals surface area contributed by atoms with E-state index in [2.05, 4.69) is 13.8 Å². The molecule has 1 aromatic rings. The molecule has 1 fully saturated rings. The third-order valence-corrected chi connectivity index (χ3v) is 9.06. The maximum atomic E-state index is 10.4. The Morgan fingerprint density at radius 3 is 2.14 bits per heavy atom. The van der Waals surface area contributed by atoms with Crippen LogP contribution in [0.1, 0.15) is 39.5 Å². The molecule has 0 heterocycles. The maximum Gasteiger partial charge on any atom is 0.188 e. The van der Waals surface area contributed by atoms with Crippen molar-refractivity contribution in [1.29, 1.82) is 0 Å². The average Bonchev–Trinajstić information content (AvgIpc) is 3.23. The van der Waals surface area contributed by atoms with Crippen molar-refractivity contribution in [2.45, 2.75) is 57.7 Å². The van der Waals surface area contributed by atoms with E-state index < -0.39 is 8.32 Å². The number of benzene rings is 1. The first kappa shape index (κ1) is 17.4. The smallest absolute Gasteiger partial charge is 0.188 e. The van der Waals surface area contributed by atoms with E-state index in [1.165, 1.54) is 12.8 Å². The summed E-state index contributed by atoms with van der Waals surface area (Å²) in [4.78, 5) is 10.4. The molecule has 0 unspecified atom stereocenters. The SMILES string of the molecule is COc1ccc(OCC2(CCC(C)(C)[Si](C)(C)O)CC2)cc1. The molecule has 3 nitrogen and oxygen atoms in total. The van der Waals surface area contributed by atoms with Crippen LogP contribution in [0, 0.1) is 5.41 Å². The van der Waals surface area contributed by atoms with Crippen molar-refractivity contribution in [3.8, 4) is 11.5 Å². The predicted octanol–water partition coefficient (Wildman–Crippen LogP) is 4.61. The van der Waals surface area contributed by atoms with Crippen LogP contribution in [0.3, 0.4) is 0 Å². The molecule has 1 aromatic carbocycles. The van der Waals surface area contributed by atoms with Crippen molar-refractivity contribution in [3.05, 3.63) is 24.3 Å². The fourth-order valence-electron chi connectivity index (χ4n) is 2.44. The van der Waals surface area contributed by atoms with Gasteiger partial charge in [-0.2, -0.15) is 0 Å². The molecule has 0 radical (unpaired) electrons. The van der Waals surface area contributed by atoms with E-state index in [1.54, 1.807) is 7.11 Å². The van der Waals surface area contributed by atoms with E-state index in [4.69, 9.17) is 9.47 Å². The zero-order chi connectivity index (χ0) is 16.4. The zero-order valence-corrected chi connectivity index (χ0v) is 15.6. The monoisotopic (exact) mass is 322 g/mol. The van der Waals surface area contributed by atoms with Crippen LogP contribution in [-0.4, -0.2) is 26.8 Å². The van der Waals surface area contributed by atoms with Gasteiger partial charge in [0.2, 0.25) is 0 Å². The summed E-state index contributed by atoms with van der Waals surface area (Å²) in [7, 11) is -0.440. The summed E-state index contributed by atoms with van der Waals surface area (Å²) < 4.78 is 11.1. The second-order valence-electron chi connectivity index (χ2n) is 7.91. The van der Waals surface area contributed by atoms with Crippen LogP contribution in [0.4, 0.5) is 0 Å². The van der Waals surface area contributed by atoms with Crippen molar-refractivity contribution >= 4 is 8.32 Å². The Kier molecular flexibility index (Phi) is 4.92. The molecule has 0 saturated heterocycles. The van der Waals surface area contributed by atoms with Crippen molar-refractivity contribution < 1.29 is 14.3 Å². The summed E-state index contributed by atoms with van der Waals surface area (Å²) in [6, 6.07) is 7.78. The first-order valence-electron chi connectivity index (χ1n) is 8.17. The van der Waals surface area contributed by atoms with Gasteiger partial charge in [-0.25, -0.2) is 0 Å². The second kappa shape index (κ2) is 6.24. The fraction of sp³-hybridized carbons (Fsp3) is 0.667. The Hall–Kier alpha value is -1.00. The quantitative estimate of drug-likeness (QED) is 0.710. The van der Waals surface area contributed by atoms with Crippen LogP contribution in [-0.2, 0) is 0 Å². The van der Waals surface area contributed by atoms with Gasteiger partial charge >= 0.3 is 0 Å². The Morgan fingerprint density at radius 1 is 1.14 bits per heavy atom. The molecular formula is C18H30O3Si. The van der Waals surface area contributed by atoms with Gasteiger partial charge in [0.1, 0.15) is 11.5 Å². The molecule has 2 rings (SSSR count). The molecule has 0 amide bonds. The highest BCUT2D eigenvalue weighted by Gasteiger charge is 2.46. The zero-order valence-electron chi connectivity index (χ0n) is 14.6. The first-order valence-corrected chi connectivity index (χ1v) is 11.1. The normalized spacial score (nSPS) is 17.2. The molecule has 1 N–H and O–H groups in total. The Balaban J connectivity index is 1.84. The highest BCUT2D eigenvalue weighted by atomic mass is 28.4. The fourth-order valence-corrected chi connectivity index (χ4v) is 3.17. The van der Waals surface area contributed by atoms with Gasteiger partial charge in [-0.3, -0.25) is 0 Å². The highest BCUT2D eigenvalue weighted by Crippen LogP contribution is 2.53. The van der Waals surface area contributed by atoms with Gasteiger partial charge in [-0.05, 0) is 68.1 Å². The number of hydrogen-bond donors (Lipinski definition) is 1. The molecule has 0 bridgehead atoms. The van der Waals surface area contributed by atoms with Crippen molar-refractivity contribution in [3.63, 3.8) is 0 Å². The summed E-state index contributed by atoms with van der Waals surface area (Å²) in [6.45, 7) is 9.28. The number of hydrogen-bond acceptors (Lipinski definition) is 3. The van der Waals surface area contributed by atoms with Crippen LogP contribution < -0.4 is 9.47 Å². The van der Waals surface area contributed by atoms with Crippen molar-refractivity contribution in [2.24, 2.45) is 5.41 Å². The summed E-state index contributed by atoms with van der Waals surface area (Å²) in [5.74, 6) is 1.76. The van der Waals surface area contributed by atoms with Gasteiger partial charge < -0.3 is 14.3 Å². The van der Waals surface area contributed by atoms with E-state index in [1.807, 2.05) is 37.4 Å². The van der Waals surface area contributed by atoms with Crippen LogP contribution in [0.2, 0.25) is 18.1 Å². The topological polar surface area (TPSA) is 38.7 Å². The van der Waals surface area contributed by atoms with E-state index in [-0.39, 0.29) is 5.04 Å². The number of methoxy groups -OCH3 is 1. The molecule has 22 heavy (non-hydrogen) atoms. The highest BCUT2D eigenvalue weighted by molar-refractivity contribution is 6.72. The number of rotatable bonds is 8. The summed E-state index contributed by atoms with van der Waals surface area (Å²) in [5, 5.41) is 0.0582. The Labute approximate surface area is 135 Å². The minimum absolute atomic E-state index is 0.0582. The van der Waals surface area contributed by atoms with Gasteiger partial charge in [-0.1, -0.05) is 13.8 Å². The largest absolute Gasteiger partial charge is 0.497 e. The summed E-state index contributed by atoms with van der Waals surface area (Å²) in [5.41, 5.74) is 0.330. The lowest BCUT2D eigenvalue weighted by Crippen LogP contribution is -2.39. The molecule has 1 aliphatic carbocycles. The number of ether oxygens (including phenoxy) is 2. The van der Waals surface area contributed by atoms with Crippen molar-refractivity contribution in [1.82, 2.24) is 0 Å². The molecule has 124 valence electrons. The first-order chi connectivity index (χ1) is 10.2. The van der Waals surface area contributed by atoms with Gasteiger partial charge in [0.25, 0.3) is 0 Å². The molecule has 1 aliphatic rings. The average molecular weight is 323 g/mol. The lowest BCUT2D eigenvalue weighted by Gasteiger charge is -2.36. The summed E-state index contributed by atoms with van der Waals surface area (Å²) >= 11 is 0. The van der Waals surface area contributed by atoms with Gasteiger partial charge in [0, 0.05) is 5.41 Å². The minimum atomic E-state index is -2.11. The molecule has 0 atom stereocenters. The lowest BCUT2D eigenvalue weighted by atomic mass is 9.95. The van der Waals surface area contributed by atoms with E-state index in [0.717, 1.165) is 30.9 Å². The Morgan fingerprint density at radius 2 is 1.68 bits per heavy atom. The van der Waals surface area contributed by atoms with E-state index >= 15 is 0 Å². The third kappa shape index (κ3) is 4.26. The third-order valence-electron chi connectivity index (χ3n) is 5.50. The van der Waals surface area contributed by atoms with Crippen LogP contribution in [0.5, 0.6) is 11.5 Å². The molecule has 0 spiro atoms. The lowest BCUT2D eigenvalue weighted by molar-refractivity contribution is 0.215. The molecule has 4 heteroatoms. The van der Waals surface area contributed by atoms with Crippen LogP contribution in [0.25, 0.3) is 0 Å². The van der Waals surface area contributed by atoms with Gasteiger partial charge in [0.15, 0.2) is 8.32 Å². The predicted molar refractivity (Wildman–Crippen MR) is 93.1 cm³/mol. The standard InChI is InChI=1S/C18H30O3Si/c1-17(2,22(4,5)19)10-11-18(12-13-18)14-21-16-8-6-15(20-3)7-9-16/h6-9,19H,10-14H2,1-5H3. The van der Waals surface area contributed by atoms with Gasteiger partial charge in [-0.15, -0.1) is 0 Å². The minimum Gasteiger partial charge on any atom is -0.497 e. The van der Waals surface area contributed by atoms with E-state index in [9.17, 15) is 4.80 Å². The van der Waals surface area contributed by atoms with E-state index in [0.29, 0.717) is 5.41 Å². The second-order valence-corrected chi connectivity index (χ2v) is 12.4. The van der Waals surface area contributed by atoms with Crippen LogP contribution in [0.15, 0.2) is 24.3 Å². The molecular weight excluding hydrogens is 292 g/mol. The van der Waals surface area contributed by atoms with Crippen LogP contribution >= 0.6 is 0 Å². The van der Waals surface area contributed by atoms with Crippen molar-refractivity contribution in [2.75, 3.05) is 13.7 Å². The maximum absolute atomic E-state index is 10.4. The van der Waals surface area contributed by atoms with Gasteiger partial charge in [0.05, 0.1) is 13.7 Å². The molecule has 0 aromatic heterocycles. The summed E-state index contributed by atoms with van der Waals surface area (Å²) in [6.07, 6.45) is 4.71.